The van der Waals surface area contributed by atoms with Gasteiger partial charge in [0.1, 0.15) is 12.0 Å². The number of ether oxygens (including phenoxy) is 1. The Morgan fingerprint density at radius 2 is 2.17 bits per heavy atom. The summed E-state index contributed by atoms with van der Waals surface area (Å²) in [6, 6.07) is 3.50. The van der Waals surface area contributed by atoms with Gasteiger partial charge in [-0.3, -0.25) is 4.79 Å². The minimum absolute atomic E-state index is 0.632. The van der Waals surface area contributed by atoms with Crippen molar-refractivity contribution in [3.05, 3.63) is 27.7 Å². The molecular weight excluding hydrogens is 220 g/mol. The molecule has 0 spiro atoms. The summed E-state index contributed by atoms with van der Waals surface area (Å²) in [5, 5.41) is 0. The Bertz CT molecular complexity index is 308. The second-order valence-electron chi connectivity index (χ2n) is 2.47. The van der Waals surface area contributed by atoms with Gasteiger partial charge >= 0.3 is 0 Å². The highest BCUT2D eigenvalue weighted by Gasteiger charge is 2.04. The van der Waals surface area contributed by atoms with Crippen molar-refractivity contribution < 1.29 is 9.53 Å². The number of hydrogen-bond acceptors (Lipinski definition) is 2. The molecule has 0 saturated heterocycles. The monoisotopic (exact) mass is 228 g/mol. The highest BCUT2D eigenvalue weighted by molar-refractivity contribution is 9.10. The van der Waals surface area contributed by atoms with Crippen LogP contribution < -0.4 is 4.74 Å². The maximum Gasteiger partial charge on any atom is 0.150 e. The second-order valence-corrected chi connectivity index (χ2v) is 3.26. The Morgan fingerprint density at radius 3 is 2.67 bits per heavy atom. The van der Waals surface area contributed by atoms with Gasteiger partial charge in [0, 0.05) is 5.56 Å². The summed E-state index contributed by atoms with van der Waals surface area (Å²) in [5.41, 5.74) is 1.63. The van der Waals surface area contributed by atoms with E-state index in [2.05, 4.69) is 15.9 Å². The molecule has 0 aromatic heterocycles. The number of carbonyl (C=O) groups is 1. The standard InChI is InChI=1S/C9H9BrO2/c1-6-3-7(5-11)4-8(12-2)9(6)10/h3-5H,1-2H3. The first-order valence-electron chi connectivity index (χ1n) is 3.48. The van der Waals surface area contributed by atoms with Crippen LogP contribution in [0.2, 0.25) is 0 Å². The SMILES string of the molecule is COc1cc(C=O)cc(C)c1Br. The van der Waals surface area contributed by atoms with Gasteiger partial charge in [0.25, 0.3) is 0 Å². The first kappa shape index (κ1) is 9.26. The lowest BCUT2D eigenvalue weighted by Gasteiger charge is -2.06. The average Bonchev–Trinajstić information content (AvgIpc) is 2.09. The highest BCUT2D eigenvalue weighted by atomic mass is 79.9. The van der Waals surface area contributed by atoms with Crippen molar-refractivity contribution in [1.29, 1.82) is 0 Å². The molecule has 1 aromatic rings. The van der Waals surface area contributed by atoms with E-state index in [1.807, 2.05) is 6.92 Å². The molecule has 0 saturated carbocycles. The van der Waals surface area contributed by atoms with Crippen molar-refractivity contribution >= 4 is 22.2 Å². The molecule has 1 rings (SSSR count). The maximum atomic E-state index is 10.5. The predicted molar refractivity (Wildman–Crippen MR) is 50.8 cm³/mol. The summed E-state index contributed by atoms with van der Waals surface area (Å²) < 4.78 is 5.96. The summed E-state index contributed by atoms with van der Waals surface area (Å²) in [7, 11) is 1.58. The smallest absolute Gasteiger partial charge is 0.150 e. The van der Waals surface area contributed by atoms with Crippen LogP contribution in [0.1, 0.15) is 15.9 Å². The fraction of sp³-hybridized carbons (Fsp3) is 0.222. The van der Waals surface area contributed by atoms with Gasteiger partial charge in [0.15, 0.2) is 0 Å². The third-order valence-electron chi connectivity index (χ3n) is 1.60. The lowest BCUT2D eigenvalue weighted by molar-refractivity contribution is 0.112. The summed E-state index contributed by atoms with van der Waals surface area (Å²) >= 11 is 3.36. The van der Waals surface area contributed by atoms with Gasteiger partial charge in [-0.2, -0.15) is 0 Å². The molecular formula is C9H9BrO2. The third-order valence-corrected chi connectivity index (χ3v) is 2.62. The van der Waals surface area contributed by atoms with Crippen LogP contribution in [0, 0.1) is 6.92 Å². The zero-order chi connectivity index (χ0) is 9.14. The Balaban J connectivity index is 3.28. The molecule has 0 unspecified atom stereocenters. The molecule has 3 heteroatoms. The number of hydrogen-bond donors (Lipinski definition) is 0. The number of halogens is 1. The molecule has 0 atom stereocenters. The van der Waals surface area contributed by atoms with Gasteiger partial charge in [0.2, 0.25) is 0 Å². The summed E-state index contributed by atoms with van der Waals surface area (Å²) in [5.74, 6) is 0.692. The van der Waals surface area contributed by atoms with Crippen molar-refractivity contribution in [2.45, 2.75) is 6.92 Å². The van der Waals surface area contributed by atoms with E-state index in [4.69, 9.17) is 4.74 Å². The second kappa shape index (κ2) is 3.72. The zero-order valence-electron chi connectivity index (χ0n) is 6.93. The molecule has 1 aromatic carbocycles. The van der Waals surface area contributed by atoms with E-state index >= 15 is 0 Å². The number of aryl methyl sites for hydroxylation is 1. The van der Waals surface area contributed by atoms with E-state index in [0.29, 0.717) is 11.3 Å². The molecule has 0 fully saturated rings. The van der Waals surface area contributed by atoms with Crippen molar-refractivity contribution in [2.75, 3.05) is 7.11 Å². The van der Waals surface area contributed by atoms with Crippen LogP contribution >= 0.6 is 15.9 Å². The average molecular weight is 229 g/mol. The number of methoxy groups -OCH3 is 1. The van der Waals surface area contributed by atoms with Gasteiger partial charge in [-0.1, -0.05) is 0 Å². The van der Waals surface area contributed by atoms with Gasteiger partial charge in [-0.15, -0.1) is 0 Å². The van der Waals surface area contributed by atoms with Crippen LogP contribution in [0.3, 0.4) is 0 Å². The molecule has 0 radical (unpaired) electrons. The molecule has 12 heavy (non-hydrogen) atoms. The van der Waals surface area contributed by atoms with Crippen LogP contribution in [0.5, 0.6) is 5.75 Å². The first-order valence-corrected chi connectivity index (χ1v) is 4.27. The highest BCUT2D eigenvalue weighted by Crippen LogP contribution is 2.28. The van der Waals surface area contributed by atoms with Crippen molar-refractivity contribution in [3.63, 3.8) is 0 Å². The number of carbonyl (C=O) groups excluding carboxylic acids is 1. The van der Waals surface area contributed by atoms with Gasteiger partial charge in [0.05, 0.1) is 11.6 Å². The molecule has 0 heterocycles. The molecule has 0 amide bonds. The largest absolute Gasteiger partial charge is 0.496 e. The fourth-order valence-corrected chi connectivity index (χ4v) is 1.37. The van der Waals surface area contributed by atoms with Crippen molar-refractivity contribution in [2.24, 2.45) is 0 Å². The van der Waals surface area contributed by atoms with E-state index in [-0.39, 0.29) is 0 Å². The van der Waals surface area contributed by atoms with Crippen LogP contribution in [-0.4, -0.2) is 13.4 Å². The third kappa shape index (κ3) is 1.67. The molecule has 0 aliphatic heterocycles. The van der Waals surface area contributed by atoms with Gasteiger partial charge < -0.3 is 4.74 Å². The van der Waals surface area contributed by atoms with Crippen LogP contribution in [0.4, 0.5) is 0 Å². The van der Waals surface area contributed by atoms with E-state index < -0.39 is 0 Å². The Morgan fingerprint density at radius 1 is 1.50 bits per heavy atom. The Kier molecular flexibility index (Phi) is 2.87. The summed E-state index contributed by atoms with van der Waals surface area (Å²) in [4.78, 5) is 10.5. The normalized spacial score (nSPS) is 9.58. The number of benzene rings is 1. The zero-order valence-corrected chi connectivity index (χ0v) is 8.51. The van der Waals surface area contributed by atoms with Crippen molar-refractivity contribution in [1.82, 2.24) is 0 Å². The van der Waals surface area contributed by atoms with E-state index in [9.17, 15) is 4.79 Å². The minimum atomic E-state index is 0.632. The van der Waals surface area contributed by atoms with E-state index in [0.717, 1.165) is 16.3 Å². The Hall–Kier alpha value is -0.830. The van der Waals surface area contributed by atoms with Gasteiger partial charge in [-0.25, -0.2) is 0 Å². The molecule has 0 aliphatic rings. The van der Waals surface area contributed by atoms with Crippen LogP contribution in [0.15, 0.2) is 16.6 Å². The topological polar surface area (TPSA) is 26.3 Å². The van der Waals surface area contributed by atoms with Crippen LogP contribution in [0.25, 0.3) is 0 Å². The van der Waals surface area contributed by atoms with E-state index in [1.165, 1.54) is 0 Å². The predicted octanol–water partition coefficient (Wildman–Crippen LogP) is 2.58. The summed E-state index contributed by atoms with van der Waals surface area (Å²) in [6.07, 6.45) is 0.808. The van der Waals surface area contributed by atoms with Crippen LogP contribution in [-0.2, 0) is 0 Å². The maximum absolute atomic E-state index is 10.5. The quantitative estimate of drug-likeness (QED) is 0.728. The molecule has 0 N–H and O–H groups in total. The molecule has 2 nitrogen and oxygen atoms in total. The lowest BCUT2D eigenvalue weighted by Crippen LogP contribution is -1.90. The minimum Gasteiger partial charge on any atom is -0.496 e. The fourth-order valence-electron chi connectivity index (χ4n) is 0.981. The molecule has 64 valence electrons. The first-order chi connectivity index (χ1) is 5.69. The lowest BCUT2D eigenvalue weighted by atomic mass is 10.1. The number of aldehydes is 1. The van der Waals surface area contributed by atoms with Crippen molar-refractivity contribution in [3.8, 4) is 5.75 Å². The van der Waals surface area contributed by atoms with E-state index in [1.54, 1.807) is 19.2 Å². The van der Waals surface area contributed by atoms with Gasteiger partial charge in [-0.05, 0) is 40.5 Å². The molecule has 0 bridgehead atoms. The molecule has 0 aliphatic carbocycles. The number of rotatable bonds is 2. The summed E-state index contributed by atoms with van der Waals surface area (Å²) in [6.45, 7) is 1.92. The Labute approximate surface area is 79.7 Å².